The van der Waals surface area contributed by atoms with Gasteiger partial charge in [-0.2, -0.15) is 0 Å². The van der Waals surface area contributed by atoms with Crippen molar-refractivity contribution in [1.29, 1.82) is 0 Å². The zero-order valence-corrected chi connectivity index (χ0v) is 15.6. The predicted molar refractivity (Wildman–Crippen MR) is 97.1 cm³/mol. The Labute approximate surface area is 151 Å². The minimum Gasteiger partial charge on any atom is -0.462 e. The Morgan fingerprint density at radius 1 is 1.19 bits per heavy atom. The Balaban J connectivity index is 2.87. The molecule has 0 N–H and O–H groups in total. The van der Waals surface area contributed by atoms with Crippen molar-refractivity contribution in [3.05, 3.63) is 41.5 Å². The van der Waals surface area contributed by atoms with Crippen LogP contribution in [0.5, 0.6) is 0 Å². The highest BCUT2D eigenvalue weighted by Gasteiger charge is 2.29. The Morgan fingerprint density at radius 3 is 2.42 bits per heavy atom. The van der Waals surface area contributed by atoms with Crippen LogP contribution < -0.4 is 0 Å². The van der Waals surface area contributed by atoms with Crippen LogP contribution in [0.3, 0.4) is 0 Å². The summed E-state index contributed by atoms with van der Waals surface area (Å²) in [6, 6.07) is 4.17. The van der Waals surface area contributed by atoms with Gasteiger partial charge in [-0.1, -0.05) is 0 Å². The Morgan fingerprint density at radius 2 is 1.85 bits per heavy atom. The predicted octanol–water partition coefficient (Wildman–Crippen LogP) is 2.96. The quantitative estimate of drug-likeness (QED) is 0.584. The van der Waals surface area contributed by atoms with E-state index in [9.17, 15) is 14.0 Å². The molecule has 0 bridgehead atoms. The number of aryl methyl sites for hydroxylation is 1. The molecule has 0 aliphatic carbocycles. The molecule has 0 fully saturated rings. The first-order valence-corrected chi connectivity index (χ1v) is 8.32. The van der Waals surface area contributed by atoms with Crippen molar-refractivity contribution in [3.63, 3.8) is 0 Å². The van der Waals surface area contributed by atoms with Crippen LogP contribution in [-0.2, 0) is 21.3 Å². The van der Waals surface area contributed by atoms with Crippen molar-refractivity contribution in [2.45, 2.75) is 13.8 Å². The molecule has 2 rings (SSSR count). The van der Waals surface area contributed by atoms with Crippen LogP contribution in [-0.4, -0.2) is 48.7 Å². The summed E-state index contributed by atoms with van der Waals surface area (Å²) in [5, 5.41) is 0.441. The molecule has 0 aliphatic heterocycles. The summed E-state index contributed by atoms with van der Waals surface area (Å²) in [5.74, 6) is -1.65. The van der Waals surface area contributed by atoms with Gasteiger partial charge in [0.2, 0.25) is 0 Å². The van der Waals surface area contributed by atoms with Crippen molar-refractivity contribution in [2.75, 3.05) is 27.3 Å². The van der Waals surface area contributed by atoms with E-state index in [1.807, 2.05) is 0 Å². The topological polar surface area (TPSA) is 60.8 Å². The average molecular weight is 362 g/mol. The van der Waals surface area contributed by atoms with E-state index < -0.39 is 17.8 Å². The Hall–Kier alpha value is -2.83. The minimum absolute atomic E-state index is 0.163. The molecular weight excluding hydrogens is 339 g/mol. The van der Waals surface area contributed by atoms with Gasteiger partial charge in [-0.15, -0.1) is 0 Å². The summed E-state index contributed by atoms with van der Waals surface area (Å²) >= 11 is 0. The van der Waals surface area contributed by atoms with Crippen molar-refractivity contribution in [3.8, 4) is 0 Å². The number of carbonyl (C=O) groups is 2. The molecule has 0 atom stereocenters. The van der Waals surface area contributed by atoms with Crippen molar-refractivity contribution in [2.24, 2.45) is 7.05 Å². The van der Waals surface area contributed by atoms with Gasteiger partial charge in [0.15, 0.2) is 0 Å². The second-order valence-electron chi connectivity index (χ2n) is 5.89. The first kappa shape index (κ1) is 19.5. The van der Waals surface area contributed by atoms with E-state index in [2.05, 4.69) is 0 Å². The lowest BCUT2D eigenvalue weighted by molar-refractivity contribution is -0.136. The van der Waals surface area contributed by atoms with Gasteiger partial charge in [-0.3, -0.25) is 0 Å². The zero-order chi connectivity index (χ0) is 19.4. The van der Waals surface area contributed by atoms with Crippen LogP contribution in [0, 0.1) is 5.82 Å². The highest BCUT2D eigenvalue weighted by molar-refractivity contribution is 6.23. The molecule has 0 saturated heterocycles. The highest BCUT2D eigenvalue weighted by Crippen LogP contribution is 2.33. The molecule has 0 unspecified atom stereocenters. The van der Waals surface area contributed by atoms with Crippen molar-refractivity contribution in [1.82, 2.24) is 9.47 Å². The summed E-state index contributed by atoms with van der Waals surface area (Å²) in [5.41, 5.74) is 1.25. The Kier molecular flexibility index (Phi) is 6.02. The van der Waals surface area contributed by atoms with E-state index in [4.69, 9.17) is 9.47 Å². The van der Waals surface area contributed by atoms with E-state index in [1.165, 1.54) is 12.1 Å². The number of esters is 2. The fourth-order valence-electron chi connectivity index (χ4n) is 2.81. The molecule has 26 heavy (non-hydrogen) atoms. The number of hydrogen-bond acceptors (Lipinski definition) is 5. The molecule has 1 heterocycles. The molecule has 7 heteroatoms. The third-order valence-electron chi connectivity index (χ3n) is 3.78. The number of nitrogens with zero attached hydrogens (tertiary/aromatic N) is 2. The normalized spacial score (nSPS) is 11.5. The first-order valence-electron chi connectivity index (χ1n) is 8.32. The number of ether oxygens (including phenoxy) is 2. The van der Waals surface area contributed by atoms with E-state index in [-0.39, 0.29) is 24.5 Å². The van der Waals surface area contributed by atoms with Gasteiger partial charge in [0, 0.05) is 43.8 Å². The summed E-state index contributed by atoms with van der Waals surface area (Å²) in [4.78, 5) is 26.8. The van der Waals surface area contributed by atoms with Crippen LogP contribution in [0.15, 0.2) is 24.4 Å². The second kappa shape index (κ2) is 8.03. The van der Waals surface area contributed by atoms with Gasteiger partial charge in [-0.25, -0.2) is 14.0 Å². The molecule has 140 valence electrons. The number of fused-ring (bicyclic) bond motifs is 1. The molecule has 0 radical (unpaired) electrons. The highest BCUT2D eigenvalue weighted by atomic mass is 19.1. The average Bonchev–Trinajstić information content (AvgIpc) is 2.85. The lowest BCUT2D eigenvalue weighted by Crippen LogP contribution is -2.16. The molecule has 1 aromatic heterocycles. The smallest absolute Gasteiger partial charge is 0.355 e. The van der Waals surface area contributed by atoms with Crippen molar-refractivity contribution < 1.29 is 23.5 Å². The van der Waals surface area contributed by atoms with Gasteiger partial charge < -0.3 is 18.9 Å². The van der Waals surface area contributed by atoms with Crippen LogP contribution in [0.25, 0.3) is 16.5 Å². The molecular formula is C19H23FN2O4. The number of carbonyl (C=O) groups excluding carboxylic acids is 2. The van der Waals surface area contributed by atoms with Crippen LogP contribution >= 0.6 is 0 Å². The van der Waals surface area contributed by atoms with E-state index in [1.54, 1.807) is 56.7 Å². The molecule has 1 aromatic carbocycles. The standard InChI is InChI=1S/C19H23FN2O4/c1-6-25-18(23)14(11-21(3)4)16-13-10-12(20)8-9-15(13)22(5)17(16)19(24)26-7-2/h8-11H,6-7H2,1-5H3. The third-order valence-corrected chi connectivity index (χ3v) is 3.78. The third kappa shape index (κ3) is 3.71. The first-order chi connectivity index (χ1) is 12.3. The van der Waals surface area contributed by atoms with E-state index >= 15 is 0 Å². The van der Waals surface area contributed by atoms with Gasteiger partial charge in [-0.05, 0) is 32.0 Å². The molecule has 0 aliphatic rings. The minimum atomic E-state index is -0.594. The fraction of sp³-hybridized carbons (Fsp3) is 0.368. The number of halogens is 1. The SMILES string of the molecule is CCOC(=O)C(=CN(C)C)c1c(C(=O)OCC)n(C)c2ccc(F)cc12. The zero-order valence-electron chi connectivity index (χ0n) is 15.6. The van der Waals surface area contributed by atoms with Gasteiger partial charge in [0.1, 0.15) is 11.5 Å². The van der Waals surface area contributed by atoms with E-state index in [0.29, 0.717) is 16.5 Å². The Bertz CT molecular complexity index is 868. The number of rotatable bonds is 6. The lowest BCUT2D eigenvalue weighted by atomic mass is 10.0. The largest absolute Gasteiger partial charge is 0.462 e. The molecule has 0 amide bonds. The van der Waals surface area contributed by atoms with Gasteiger partial charge >= 0.3 is 11.9 Å². The summed E-state index contributed by atoms with van der Waals surface area (Å²) in [6.45, 7) is 3.75. The van der Waals surface area contributed by atoms with Gasteiger partial charge in [0.25, 0.3) is 0 Å². The maximum absolute atomic E-state index is 13.9. The van der Waals surface area contributed by atoms with E-state index in [0.717, 1.165) is 0 Å². The lowest BCUT2D eigenvalue weighted by Gasteiger charge is -2.13. The van der Waals surface area contributed by atoms with Crippen LogP contribution in [0.2, 0.25) is 0 Å². The maximum atomic E-state index is 13.9. The molecule has 0 saturated carbocycles. The number of benzene rings is 1. The summed E-state index contributed by atoms with van der Waals surface area (Å²) < 4.78 is 25.8. The second-order valence-corrected chi connectivity index (χ2v) is 5.89. The molecule has 6 nitrogen and oxygen atoms in total. The summed E-state index contributed by atoms with van der Waals surface area (Å²) in [6.07, 6.45) is 1.56. The molecule has 2 aromatic rings. The molecule has 0 spiro atoms. The number of hydrogen-bond donors (Lipinski definition) is 0. The van der Waals surface area contributed by atoms with Crippen molar-refractivity contribution >= 4 is 28.4 Å². The number of aromatic nitrogens is 1. The maximum Gasteiger partial charge on any atom is 0.355 e. The summed E-state index contributed by atoms with van der Waals surface area (Å²) in [7, 11) is 5.17. The fourth-order valence-corrected chi connectivity index (χ4v) is 2.81. The monoisotopic (exact) mass is 362 g/mol. The van der Waals surface area contributed by atoms with Crippen LogP contribution in [0.4, 0.5) is 4.39 Å². The van der Waals surface area contributed by atoms with Gasteiger partial charge in [0.05, 0.1) is 18.8 Å². The van der Waals surface area contributed by atoms with Crippen LogP contribution in [0.1, 0.15) is 29.9 Å².